The van der Waals surface area contributed by atoms with E-state index in [1.54, 1.807) is 0 Å². The highest BCUT2D eigenvalue weighted by atomic mass is 16.4. The van der Waals surface area contributed by atoms with E-state index in [2.05, 4.69) is 23.9 Å². The molecule has 1 atom stereocenters. The molecule has 0 aromatic rings. The Kier molecular flexibility index (Phi) is 4.54. The summed E-state index contributed by atoms with van der Waals surface area (Å²) in [5.41, 5.74) is 0. The van der Waals surface area contributed by atoms with Crippen LogP contribution in [0.15, 0.2) is 0 Å². The van der Waals surface area contributed by atoms with Gasteiger partial charge in [0.1, 0.15) is 0 Å². The molecule has 1 rings (SSSR count). The minimum atomic E-state index is -0.659. The molecule has 0 saturated carbocycles. The number of carbonyl (C=O) groups is 1. The summed E-state index contributed by atoms with van der Waals surface area (Å²) in [6.07, 6.45) is 1.17. The Hall–Kier alpha value is -0.610. The summed E-state index contributed by atoms with van der Waals surface area (Å²) < 4.78 is 0. The van der Waals surface area contributed by atoms with Crippen molar-refractivity contribution in [3.05, 3.63) is 0 Å². The van der Waals surface area contributed by atoms with Crippen LogP contribution in [0.5, 0.6) is 0 Å². The van der Waals surface area contributed by atoms with Gasteiger partial charge in [-0.15, -0.1) is 0 Å². The largest absolute Gasteiger partial charge is 0.481 e. The summed E-state index contributed by atoms with van der Waals surface area (Å²) in [5, 5.41) is 8.83. The third-order valence-electron chi connectivity index (χ3n) is 3.16. The lowest BCUT2D eigenvalue weighted by molar-refractivity contribution is -0.145. The predicted molar refractivity (Wildman–Crippen MR) is 59.9 cm³/mol. The van der Waals surface area contributed by atoms with Crippen LogP contribution in [0.25, 0.3) is 0 Å². The van der Waals surface area contributed by atoms with E-state index in [1.807, 2.05) is 6.92 Å². The van der Waals surface area contributed by atoms with E-state index in [4.69, 9.17) is 5.11 Å². The highest BCUT2D eigenvalue weighted by molar-refractivity contribution is 5.70. The third kappa shape index (κ3) is 3.80. The molecule has 1 N–H and O–H groups in total. The van der Waals surface area contributed by atoms with Crippen molar-refractivity contribution < 1.29 is 9.90 Å². The molecule has 0 bridgehead atoms. The van der Waals surface area contributed by atoms with E-state index in [-0.39, 0.29) is 5.92 Å². The maximum Gasteiger partial charge on any atom is 0.306 e. The van der Waals surface area contributed by atoms with Crippen molar-refractivity contribution in [1.29, 1.82) is 0 Å². The van der Waals surface area contributed by atoms with Crippen LogP contribution in [0.4, 0.5) is 0 Å². The van der Waals surface area contributed by atoms with Gasteiger partial charge in [-0.1, -0.05) is 6.92 Å². The van der Waals surface area contributed by atoms with Gasteiger partial charge in [-0.2, -0.15) is 0 Å². The van der Waals surface area contributed by atoms with Crippen molar-refractivity contribution in [2.75, 3.05) is 40.3 Å². The first-order chi connectivity index (χ1) is 7.00. The molecule has 1 saturated heterocycles. The molecule has 1 fully saturated rings. The molecule has 0 aliphatic carbocycles. The third-order valence-corrected chi connectivity index (χ3v) is 3.16. The minimum Gasteiger partial charge on any atom is -0.481 e. The highest BCUT2D eigenvalue weighted by Gasteiger charge is 2.33. The van der Waals surface area contributed by atoms with Crippen LogP contribution in [-0.2, 0) is 4.79 Å². The number of nitrogens with zero attached hydrogens (tertiary/aromatic N) is 2. The van der Waals surface area contributed by atoms with Gasteiger partial charge in [-0.25, -0.2) is 0 Å². The molecule has 88 valence electrons. The number of likely N-dealkylation sites (tertiary alicyclic amines) is 1. The molecule has 0 amide bonds. The first kappa shape index (κ1) is 12.5. The molecular formula is C11H22N2O2. The van der Waals surface area contributed by atoms with E-state index < -0.39 is 5.97 Å². The molecule has 4 nitrogen and oxygen atoms in total. The Labute approximate surface area is 91.9 Å². The molecule has 1 aliphatic rings. The van der Waals surface area contributed by atoms with Crippen LogP contribution in [0.2, 0.25) is 0 Å². The lowest BCUT2D eigenvalue weighted by Crippen LogP contribution is -2.51. The van der Waals surface area contributed by atoms with Gasteiger partial charge in [0, 0.05) is 13.1 Å². The Morgan fingerprint density at radius 1 is 1.53 bits per heavy atom. The van der Waals surface area contributed by atoms with E-state index in [0.717, 1.165) is 26.2 Å². The van der Waals surface area contributed by atoms with Crippen LogP contribution in [0, 0.1) is 11.8 Å². The number of carboxylic acid groups (broad SMARTS) is 1. The van der Waals surface area contributed by atoms with Crippen molar-refractivity contribution in [2.45, 2.75) is 13.3 Å². The standard InChI is InChI=1S/C11H22N2O2/c1-9(11(14)15)10-7-13(8-10)6-4-5-12(2)3/h9-10H,4-8H2,1-3H3,(H,14,15). The smallest absolute Gasteiger partial charge is 0.306 e. The molecule has 0 aromatic carbocycles. The van der Waals surface area contributed by atoms with E-state index >= 15 is 0 Å². The molecule has 1 unspecified atom stereocenters. The predicted octanol–water partition coefficient (Wildman–Crippen LogP) is 0.591. The zero-order chi connectivity index (χ0) is 11.4. The van der Waals surface area contributed by atoms with E-state index in [9.17, 15) is 4.79 Å². The summed E-state index contributed by atoms with van der Waals surface area (Å²) in [6, 6.07) is 0. The van der Waals surface area contributed by atoms with E-state index in [0.29, 0.717) is 5.92 Å². The Morgan fingerprint density at radius 3 is 2.60 bits per heavy atom. The number of aliphatic carboxylic acids is 1. The number of rotatable bonds is 6. The summed E-state index contributed by atoms with van der Waals surface area (Å²) >= 11 is 0. The van der Waals surface area contributed by atoms with Gasteiger partial charge in [0.2, 0.25) is 0 Å². The van der Waals surface area contributed by atoms with Gasteiger partial charge >= 0.3 is 5.97 Å². The van der Waals surface area contributed by atoms with Gasteiger partial charge in [0.15, 0.2) is 0 Å². The average molecular weight is 214 g/mol. The van der Waals surface area contributed by atoms with Crippen LogP contribution in [0.3, 0.4) is 0 Å². The van der Waals surface area contributed by atoms with Crippen LogP contribution in [0.1, 0.15) is 13.3 Å². The van der Waals surface area contributed by atoms with Crippen LogP contribution in [-0.4, -0.2) is 61.2 Å². The quantitative estimate of drug-likeness (QED) is 0.703. The lowest BCUT2D eigenvalue weighted by atomic mass is 9.87. The molecule has 0 aromatic heterocycles. The highest BCUT2D eigenvalue weighted by Crippen LogP contribution is 2.23. The van der Waals surface area contributed by atoms with Crippen molar-refractivity contribution >= 4 is 5.97 Å². The fraction of sp³-hybridized carbons (Fsp3) is 0.909. The molecule has 15 heavy (non-hydrogen) atoms. The van der Waals surface area contributed by atoms with Crippen molar-refractivity contribution in [2.24, 2.45) is 11.8 Å². The topological polar surface area (TPSA) is 43.8 Å². The fourth-order valence-electron chi connectivity index (χ4n) is 1.92. The Bertz CT molecular complexity index is 213. The zero-order valence-electron chi connectivity index (χ0n) is 9.94. The van der Waals surface area contributed by atoms with Gasteiger partial charge in [-0.3, -0.25) is 4.79 Å². The minimum absolute atomic E-state index is 0.185. The first-order valence-corrected chi connectivity index (χ1v) is 5.60. The summed E-state index contributed by atoms with van der Waals surface area (Å²) in [5.74, 6) is -0.482. The second kappa shape index (κ2) is 5.47. The van der Waals surface area contributed by atoms with Gasteiger partial charge < -0.3 is 14.9 Å². The summed E-state index contributed by atoms with van der Waals surface area (Å²) in [4.78, 5) is 15.2. The second-order valence-electron chi connectivity index (χ2n) is 4.80. The average Bonchev–Trinajstić information content (AvgIpc) is 2.07. The van der Waals surface area contributed by atoms with Crippen molar-refractivity contribution in [1.82, 2.24) is 9.80 Å². The zero-order valence-corrected chi connectivity index (χ0v) is 9.94. The molecule has 4 heteroatoms. The van der Waals surface area contributed by atoms with Gasteiger partial charge in [-0.05, 0) is 39.5 Å². The van der Waals surface area contributed by atoms with Gasteiger partial charge in [0.05, 0.1) is 5.92 Å². The normalized spacial score (nSPS) is 20.3. The number of carboxylic acids is 1. The molecular weight excluding hydrogens is 192 g/mol. The Balaban J connectivity index is 2.07. The SMILES string of the molecule is CC(C(=O)O)C1CN(CCCN(C)C)C1. The van der Waals surface area contributed by atoms with E-state index in [1.165, 1.54) is 6.42 Å². The monoisotopic (exact) mass is 214 g/mol. The molecule has 0 radical (unpaired) electrons. The van der Waals surface area contributed by atoms with Crippen LogP contribution >= 0.6 is 0 Å². The Morgan fingerprint density at radius 2 is 2.13 bits per heavy atom. The molecule has 0 spiro atoms. The number of hydrogen-bond donors (Lipinski definition) is 1. The van der Waals surface area contributed by atoms with Crippen molar-refractivity contribution in [3.8, 4) is 0 Å². The maximum atomic E-state index is 10.7. The van der Waals surface area contributed by atoms with Crippen LogP contribution < -0.4 is 0 Å². The number of hydrogen-bond acceptors (Lipinski definition) is 3. The van der Waals surface area contributed by atoms with Crippen molar-refractivity contribution in [3.63, 3.8) is 0 Å². The fourth-order valence-corrected chi connectivity index (χ4v) is 1.92. The second-order valence-corrected chi connectivity index (χ2v) is 4.80. The summed E-state index contributed by atoms with van der Waals surface area (Å²) in [7, 11) is 4.15. The lowest BCUT2D eigenvalue weighted by Gasteiger charge is -2.41. The van der Waals surface area contributed by atoms with Gasteiger partial charge in [0.25, 0.3) is 0 Å². The molecule has 1 heterocycles. The molecule has 1 aliphatic heterocycles. The maximum absolute atomic E-state index is 10.7. The first-order valence-electron chi connectivity index (χ1n) is 5.60. The summed E-state index contributed by atoms with van der Waals surface area (Å²) in [6.45, 7) is 5.93.